The maximum atomic E-state index is 5.87. The predicted octanol–water partition coefficient (Wildman–Crippen LogP) is 3.15. The van der Waals surface area contributed by atoms with E-state index in [9.17, 15) is 0 Å². The van der Waals surface area contributed by atoms with Crippen LogP contribution in [0.3, 0.4) is 0 Å². The topological polar surface area (TPSA) is 25.2 Å². The Morgan fingerprint density at radius 2 is 2.25 bits per heavy atom. The van der Waals surface area contributed by atoms with E-state index in [2.05, 4.69) is 30.4 Å². The Hall–Kier alpha value is -1.28. The Kier molecular flexibility index (Phi) is 2.44. The third kappa shape index (κ3) is 1.74. The fraction of sp³-hybridized carbons (Fsp3) is 0.429. The van der Waals surface area contributed by atoms with Crippen LogP contribution in [-0.4, -0.2) is 13.1 Å². The van der Waals surface area contributed by atoms with Gasteiger partial charge < -0.3 is 9.73 Å². The Balaban J connectivity index is 1.76. The van der Waals surface area contributed by atoms with Gasteiger partial charge in [0.05, 0.1) is 0 Å². The van der Waals surface area contributed by atoms with Crippen molar-refractivity contribution < 1.29 is 4.42 Å². The van der Waals surface area contributed by atoms with E-state index >= 15 is 0 Å². The van der Waals surface area contributed by atoms with Gasteiger partial charge in [-0.2, -0.15) is 0 Å². The highest BCUT2D eigenvalue weighted by molar-refractivity contribution is 5.77. The molecule has 2 atom stereocenters. The van der Waals surface area contributed by atoms with Crippen LogP contribution in [0.5, 0.6) is 0 Å². The van der Waals surface area contributed by atoms with E-state index in [1.165, 1.54) is 17.6 Å². The summed E-state index contributed by atoms with van der Waals surface area (Å²) in [6.07, 6.45) is 1.27. The van der Waals surface area contributed by atoms with Crippen molar-refractivity contribution >= 4 is 11.0 Å². The molecule has 1 aliphatic carbocycles. The van der Waals surface area contributed by atoms with Gasteiger partial charge in [-0.1, -0.05) is 25.1 Å². The van der Waals surface area contributed by atoms with Crippen molar-refractivity contribution in [3.8, 4) is 0 Å². The van der Waals surface area contributed by atoms with Crippen LogP contribution in [0, 0.1) is 5.92 Å². The zero-order chi connectivity index (χ0) is 11.0. The van der Waals surface area contributed by atoms with E-state index in [1.807, 2.05) is 12.1 Å². The van der Waals surface area contributed by atoms with Crippen LogP contribution in [0.25, 0.3) is 11.0 Å². The molecular formula is C14H17NO. The number of nitrogens with one attached hydrogen (secondary N) is 1. The van der Waals surface area contributed by atoms with E-state index in [-0.39, 0.29) is 0 Å². The number of fused-ring (bicyclic) bond motifs is 1. The summed E-state index contributed by atoms with van der Waals surface area (Å²) in [5.41, 5.74) is 1.02. The molecule has 1 saturated carbocycles. The van der Waals surface area contributed by atoms with Gasteiger partial charge in [-0.25, -0.2) is 0 Å². The van der Waals surface area contributed by atoms with Crippen LogP contribution in [-0.2, 0) is 0 Å². The molecule has 1 heterocycles. The summed E-state index contributed by atoms with van der Waals surface area (Å²) in [5.74, 6) is 2.59. The first kappa shape index (κ1) is 9.91. The second kappa shape index (κ2) is 3.95. The van der Waals surface area contributed by atoms with Gasteiger partial charge in [0.1, 0.15) is 11.3 Å². The standard InChI is InChI=1S/C14H17NO/c1-2-15-9-11-7-12(11)14-8-10-5-3-4-6-13(10)16-14/h3-6,8,11-12,15H,2,7,9H2,1H3. The number of furan rings is 1. The molecule has 1 aromatic heterocycles. The molecule has 84 valence electrons. The summed E-state index contributed by atoms with van der Waals surface area (Å²) in [4.78, 5) is 0. The van der Waals surface area contributed by atoms with Crippen molar-refractivity contribution in [3.63, 3.8) is 0 Å². The van der Waals surface area contributed by atoms with Crippen LogP contribution in [0.15, 0.2) is 34.7 Å². The molecule has 2 unspecified atom stereocenters. The quantitative estimate of drug-likeness (QED) is 0.847. The number of benzene rings is 1. The lowest BCUT2D eigenvalue weighted by Gasteiger charge is -1.98. The smallest absolute Gasteiger partial charge is 0.134 e. The average Bonchev–Trinajstić information content (AvgIpc) is 2.96. The molecular weight excluding hydrogens is 198 g/mol. The normalized spacial score (nSPS) is 23.8. The van der Waals surface area contributed by atoms with Crippen LogP contribution in [0.2, 0.25) is 0 Å². The molecule has 3 rings (SSSR count). The SMILES string of the molecule is CCNCC1CC1c1cc2ccccc2o1. The fourth-order valence-corrected chi connectivity index (χ4v) is 2.34. The predicted molar refractivity (Wildman–Crippen MR) is 65.6 cm³/mol. The minimum absolute atomic E-state index is 0.645. The van der Waals surface area contributed by atoms with Gasteiger partial charge in [0, 0.05) is 11.3 Å². The monoisotopic (exact) mass is 215 g/mol. The van der Waals surface area contributed by atoms with Gasteiger partial charge in [0.25, 0.3) is 0 Å². The van der Waals surface area contributed by atoms with Crippen molar-refractivity contribution in [2.24, 2.45) is 5.92 Å². The summed E-state index contributed by atoms with van der Waals surface area (Å²) in [6, 6.07) is 10.4. The van der Waals surface area contributed by atoms with Crippen molar-refractivity contribution in [3.05, 3.63) is 36.1 Å². The van der Waals surface area contributed by atoms with E-state index in [4.69, 9.17) is 4.42 Å². The molecule has 1 aliphatic rings. The molecule has 16 heavy (non-hydrogen) atoms. The Labute approximate surface area is 95.6 Å². The molecule has 1 fully saturated rings. The largest absolute Gasteiger partial charge is 0.461 e. The summed E-state index contributed by atoms with van der Waals surface area (Å²) in [7, 11) is 0. The van der Waals surface area contributed by atoms with E-state index in [0.29, 0.717) is 5.92 Å². The van der Waals surface area contributed by atoms with Gasteiger partial charge in [0.15, 0.2) is 0 Å². The second-order valence-corrected chi connectivity index (χ2v) is 4.60. The molecule has 0 spiro atoms. The fourth-order valence-electron chi connectivity index (χ4n) is 2.34. The molecule has 0 aliphatic heterocycles. The highest BCUT2D eigenvalue weighted by atomic mass is 16.3. The van der Waals surface area contributed by atoms with Gasteiger partial charge in [-0.15, -0.1) is 0 Å². The Morgan fingerprint density at radius 1 is 1.38 bits per heavy atom. The van der Waals surface area contributed by atoms with Crippen LogP contribution >= 0.6 is 0 Å². The highest BCUT2D eigenvalue weighted by Gasteiger charge is 2.40. The summed E-state index contributed by atoms with van der Waals surface area (Å²) >= 11 is 0. The molecule has 1 N–H and O–H groups in total. The molecule has 1 aromatic carbocycles. The van der Waals surface area contributed by atoms with Crippen molar-refractivity contribution in [2.45, 2.75) is 19.3 Å². The average molecular weight is 215 g/mol. The van der Waals surface area contributed by atoms with Crippen LogP contribution in [0.1, 0.15) is 25.0 Å². The summed E-state index contributed by atoms with van der Waals surface area (Å²) in [6.45, 7) is 4.33. The number of para-hydroxylation sites is 1. The Morgan fingerprint density at radius 3 is 3.06 bits per heavy atom. The molecule has 2 nitrogen and oxygen atoms in total. The maximum Gasteiger partial charge on any atom is 0.134 e. The van der Waals surface area contributed by atoms with E-state index in [0.717, 1.165) is 24.6 Å². The van der Waals surface area contributed by atoms with Gasteiger partial charge in [0.2, 0.25) is 0 Å². The van der Waals surface area contributed by atoms with E-state index in [1.54, 1.807) is 0 Å². The van der Waals surface area contributed by atoms with Gasteiger partial charge in [-0.05, 0) is 37.6 Å². The lowest BCUT2D eigenvalue weighted by Crippen LogP contribution is -2.16. The molecule has 0 radical (unpaired) electrons. The minimum Gasteiger partial charge on any atom is -0.461 e. The zero-order valence-electron chi connectivity index (χ0n) is 9.57. The van der Waals surface area contributed by atoms with Crippen molar-refractivity contribution in [1.29, 1.82) is 0 Å². The lowest BCUT2D eigenvalue weighted by atomic mass is 10.2. The zero-order valence-corrected chi connectivity index (χ0v) is 9.57. The van der Waals surface area contributed by atoms with Crippen LogP contribution in [0.4, 0.5) is 0 Å². The van der Waals surface area contributed by atoms with Crippen molar-refractivity contribution in [1.82, 2.24) is 5.32 Å². The number of hydrogen-bond acceptors (Lipinski definition) is 2. The van der Waals surface area contributed by atoms with Gasteiger partial charge >= 0.3 is 0 Å². The number of rotatable bonds is 4. The molecule has 2 aromatic rings. The summed E-state index contributed by atoms with van der Waals surface area (Å²) in [5, 5.41) is 4.63. The first-order chi connectivity index (χ1) is 7.88. The second-order valence-electron chi connectivity index (χ2n) is 4.60. The molecule has 0 bridgehead atoms. The Bertz CT molecular complexity index is 455. The first-order valence-electron chi connectivity index (χ1n) is 6.07. The number of hydrogen-bond donors (Lipinski definition) is 1. The highest BCUT2D eigenvalue weighted by Crippen LogP contribution is 2.48. The van der Waals surface area contributed by atoms with Gasteiger partial charge in [-0.3, -0.25) is 0 Å². The third-order valence-corrected chi connectivity index (χ3v) is 3.39. The van der Waals surface area contributed by atoms with E-state index < -0.39 is 0 Å². The third-order valence-electron chi connectivity index (χ3n) is 3.39. The molecule has 0 saturated heterocycles. The lowest BCUT2D eigenvalue weighted by molar-refractivity contribution is 0.533. The maximum absolute atomic E-state index is 5.87. The molecule has 2 heteroatoms. The first-order valence-corrected chi connectivity index (χ1v) is 6.07. The van der Waals surface area contributed by atoms with Crippen molar-refractivity contribution in [2.75, 3.05) is 13.1 Å². The molecule has 0 amide bonds. The van der Waals surface area contributed by atoms with Crippen LogP contribution < -0.4 is 5.32 Å². The minimum atomic E-state index is 0.645. The summed E-state index contributed by atoms with van der Waals surface area (Å²) < 4.78 is 5.87.